The standard InChI is InChI=1S/C18H19BrN2O5S/c1-25-17-7-6-13(12-14(17)18(22)21-8-10-26-11-9-21)27(23,24)20-16-5-3-2-4-15(16)19/h2-7,12,20H,8-11H2,1H3. The molecule has 0 radical (unpaired) electrons. The molecule has 0 bridgehead atoms. The van der Waals surface area contributed by atoms with Crippen molar-refractivity contribution >= 4 is 37.5 Å². The molecule has 27 heavy (non-hydrogen) atoms. The number of rotatable bonds is 5. The van der Waals surface area contributed by atoms with Crippen LogP contribution in [0.2, 0.25) is 0 Å². The molecular formula is C18H19BrN2O5S. The Morgan fingerprint density at radius 2 is 1.89 bits per heavy atom. The van der Waals surface area contributed by atoms with E-state index < -0.39 is 10.0 Å². The molecule has 3 rings (SSSR count). The van der Waals surface area contributed by atoms with Gasteiger partial charge in [-0.25, -0.2) is 8.42 Å². The van der Waals surface area contributed by atoms with Crippen LogP contribution in [0.5, 0.6) is 5.75 Å². The number of morpholine rings is 1. The Morgan fingerprint density at radius 1 is 1.19 bits per heavy atom. The van der Waals surface area contributed by atoms with E-state index >= 15 is 0 Å². The number of benzene rings is 2. The molecule has 2 aromatic carbocycles. The van der Waals surface area contributed by atoms with Crippen LogP contribution in [0.3, 0.4) is 0 Å². The number of amides is 1. The van der Waals surface area contributed by atoms with E-state index in [-0.39, 0.29) is 16.4 Å². The van der Waals surface area contributed by atoms with E-state index in [1.165, 1.54) is 25.3 Å². The van der Waals surface area contributed by atoms with Crippen molar-refractivity contribution in [2.24, 2.45) is 0 Å². The van der Waals surface area contributed by atoms with E-state index in [9.17, 15) is 13.2 Å². The summed E-state index contributed by atoms with van der Waals surface area (Å²) in [5.74, 6) is 0.0411. The van der Waals surface area contributed by atoms with E-state index in [0.29, 0.717) is 42.2 Å². The van der Waals surface area contributed by atoms with Crippen LogP contribution in [0, 0.1) is 0 Å². The summed E-state index contributed by atoms with van der Waals surface area (Å²) < 4.78 is 39.2. The fraction of sp³-hybridized carbons (Fsp3) is 0.278. The molecule has 0 saturated carbocycles. The number of methoxy groups -OCH3 is 1. The van der Waals surface area contributed by atoms with Crippen molar-refractivity contribution in [2.75, 3.05) is 38.1 Å². The summed E-state index contributed by atoms with van der Waals surface area (Å²) in [6.45, 7) is 1.81. The summed E-state index contributed by atoms with van der Waals surface area (Å²) in [6.07, 6.45) is 0. The van der Waals surface area contributed by atoms with Gasteiger partial charge in [0.05, 0.1) is 36.5 Å². The molecule has 0 aromatic heterocycles. The molecule has 1 aliphatic heterocycles. The summed E-state index contributed by atoms with van der Waals surface area (Å²) in [4.78, 5) is 14.4. The Kier molecular flexibility index (Phi) is 6.03. The normalized spacial score (nSPS) is 14.7. The van der Waals surface area contributed by atoms with Crippen LogP contribution >= 0.6 is 15.9 Å². The molecule has 1 N–H and O–H groups in total. The van der Waals surface area contributed by atoms with E-state index in [2.05, 4.69) is 20.7 Å². The van der Waals surface area contributed by atoms with Gasteiger partial charge in [0.15, 0.2) is 0 Å². The lowest BCUT2D eigenvalue weighted by Gasteiger charge is -2.27. The minimum absolute atomic E-state index is 0.0179. The highest BCUT2D eigenvalue weighted by molar-refractivity contribution is 9.10. The monoisotopic (exact) mass is 454 g/mol. The Bertz CT molecular complexity index is 943. The highest BCUT2D eigenvalue weighted by atomic mass is 79.9. The molecule has 0 atom stereocenters. The Morgan fingerprint density at radius 3 is 2.56 bits per heavy atom. The van der Waals surface area contributed by atoms with Gasteiger partial charge in [-0.2, -0.15) is 0 Å². The van der Waals surface area contributed by atoms with Crippen molar-refractivity contribution in [1.82, 2.24) is 4.90 Å². The van der Waals surface area contributed by atoms with Gasteiger partial charge in [-0.3, -0.25) is 9.52 Å². The maximum atomic E-state index is 12.8. The maximum Gasteiger partial charge on any atom is 0.261 e. The number of para-hydroxylation sites is 1. The smallest absolute Gasteiger partial charge is 0.261 e. The number of ether oxygens (including phenoxy) is 2. The van der Waals surface area contributed by atoms with Gasteiger partial charge in [0.1, 0.15) is 5.75 Å². The molecule has 0 aliphatic carbocycles. The van der Waals surface area contributed by atoms with Crippen LogP contribution in [0.15, 0.2) is 51.8 Å². The predicted molar refractivity (Wildman–Crippen MR) is 105 cm³/mol. The molecule has 2 aromatic rings. The molecule has 1 heterocycles. The second-order valence-corrected chi connectivity index (χ2v) is 8.39. The fourth-order valence-corrected chi connectivity index (χ4v) is 4.33. The number of hydrogen-bond donors (Lipinski definition) is 1. The lowest BCUT2D eigenvalue weighted by molar-refractivity contribution is 0.0300. The molecular weight excluding hydrogens is 436 g/mol. The Balaban J connectivity index is 1.94. The van der Waals surface area contributed by atoms with E-state index in [1.54, 1.807) is 29.2 Å². The van der Waals surface area contributed by atoms with Crippen LogP contribution in [-0.2, 0) is 14.8 Å². The number of nitrogens with one attached hydrogen (secondary N) is 1. The second kappa shape index (κ2) is 8.28. The summed E-state index contributed by atoms with van der Waals surface area (Å²) >= 11 is 3.31. The number of hydrogen-bond acceptors (Lipinski definition) is 5. The van der Waals surface area contributed by atoms with E-state index in [4.69, 9.17) is 9.47 Å². The van der Waals surface area contributed by atoms with Gasteiger partial charge in [-0.15, -0.1) is 0 Å². The summed E-state index contributed by atoms with van der Waals surface area (Å²) in [5, 5.41) is 0. The molecule has 1 fully saturated rings. The van der Waals surface area contributed by atoms with E-state index in [0.717, 1.165) is 0 Å². The minimum atomic E-state index is -3.88. The number of sulfonamides is 1. The third kappa shape index (κ3) is 4.42. The van der Waals surface area contributed by atoms with Crippen LogP contribution in [0.4, 0.5) is 5.69 Å². The fourth-order valence-electron chi connectivity index (χ4n) is 2.71. The average Bonchev–Trinajstić information content (AvgIpc) is 2.69. The summed E-state index contributed by atoms with van der Waals surface area (Å²) in [6, 6.07) is 11.1. The van der Waals surface area contributed by atoms with Crippen molar-refractivity contribution in [3.05, 3.63) is 52.5 Å². The average molecular weight is 455 g/mol. The largest absolute Gasteiger partial charge is 0.496 e. The first-order valence-corrected chi connectivity index (χ1v) is 10.5. The lowest BCUT2D eigenvalue weighted by atomic mass is 10.1. The first-order chi connectivity index (χ1) is 12.9. The predicted octanol–water partition coefficient (Wildman–Crippen LogP) is 2.73. The van der Waals surface area contributed by atoms with Crippen LogP contribution in [0.25, 0.3) is 0 Å². The van der Waals surface area contributed by atoms with Gasteiger partial charge in [-0.05, 0) is 46.3 Å². The summed E-state index contributed by atoms with van der Waals surface area (Å²) in [7, 11) is -2.44. The molecule has 7 nitrogen and oxygen atoms in total. The zero-order valence-corrected chi connectivity index (χ0v) is 17.0. The Hall–Kier alpha value is -2.10. The van der Waals surface area contributed by atoms with Gasteiger partial charge in [0.2, 0.25) is 0 Å². The molecule has 0 spiro atoms. The molecule has 1 saturated heterocycles. The highest BCUT2D eigenvalue weighted by Gasteiger charge is 2.25. The van der Waals surface area contributed by atoms with Crippen molar-refractivity contribution in [1.29, 1.82) is 0 Å². The van der Waals surface area contributed by atoms with E-state index in [1.807, 2.05) is 0 Å². The van der Waals surface area contributed by atoms with Gasteiger partial charge < -0.3 is 14.4 Å². The van der Waals surface area contributed by atoms with Gasteiger partial charge >= 0.3 is 0 Å². The van der Waals surface area contributed by atoms with Crippen molar-refractivity contribution in [2.45, 2.75) is 4.90 Å². The molecule has 9 heteroatoms. The molecule has 144 valence electrons. The van der Waals surface area contributed by atoms with Crippen molar-refractivity contribution < 1.29 is 22.7 Å². The number of anilines is 1. The zero-order chi connectivity index (χ0) is 19.4. The second-order valence-electron chi connectivity index (χ2n) is 5.85. The number of nitrogens with zero attached hydrogens (tertiary/aromatic N) is 1. The lowest BCUT2D eigenvalue weighted by Crippen LogP contribution is -2.40. The minimum Gasteiger partial charge on any atom is -0.496 e. The Labute approximate surface area is 166 Å². The molecule has 1 aliphatic rings. The first kappa shape index (κ1) is 19.7. The van der Waals surface area contributed by atoms with Crippen molar-refractivity contribution in [3.8, 4) is 5.75 Å². The SMILES string of the molecule is COc1ccc(S(=O)(=O)Nc2ccccc2Br)cc1C(=O)N1CCOCC1. The highest BCUT2D eigenvalue weighted by Crippen LogP contribution is 2.28. The topological polar surface area (TPSA) is 84.9 Å². The third-order valence-electron chi connectivity index (χ3n) is 4.13. The molecule has 1 amide bonds. The molecule has 0 unspecified atom stereocenters. The van der Waals surface area contributed by atoms with Crippen LogP contribution in [0.1, 0.15) is 10.4 Å². The number of carbonyl (C=O) groups is 1. The van der Waals surface area contributed by atoms with Crippen LogP contribution in [-0.4, -0.2) is 52.6 Å². The van der Waals surface area contributed by atoms with Gasteiger partial charge in [0, 0.05) is 17.6 Å². The number of halogens is 1. The van der Waals surface area contributed by atoms with Crippen LogP contribution < -0.4 is 9.46 Å². The zero-order valence-electron chi connectivity index (χ0n) is 14.6. The summed E-state index contributed by atoms with van der Waals surface area (Å²) in [5.41, 5.74) is 0.615. The quantitative estimate of drug-likeness (QED) is 0.750. The first-order valence-electron chi connectivity index (χ1n) is 8.25. The van der Waals surface area contributed by atoms with Gasteiger partial charge in [0.25, 0.3) is 15.9 Å². The number of carbonyl (C=O) groups excluding carboxylic acids is 1. The third-order valence-corrected chi connectivity index (χ3v) is 6.18. The van der Waals surface area contributed by atoms with Gasteiger partial charge in [-0.1, -0.05) is 12.1 Å². The maximum absolute atomic E-state index is 12.8. The van der Waals surface area contributed by atoms with Crippen molar-refractivity contribution in [3.63, 3.8) is 0 Å².